The van der Waals surface area contributed by atoms with Crippen LogP contribution in [-0.4, -0.2) is 69.6 Å². The first kappa shape index (κ1) is 32.9. The number of carboxylic acids is 1. The predicted molar refractivity (Wildman–Crippen MR) is 189 cm³/mol. The van der Waals surface area contributed by atoms with E-state index in [1.807, 2.05) is 66.9 Å². The van der Waals surface area contributed by atoms with E-state index in [-0.39, 0.29) is 17.9 Å². The minimum Gasteiger partial charge on any atom is -0.481 e. The maximum Gasteiger partial charge on any atom is 0.309 e. The van der Waals surface area contributed by atoms with Crippen molar-refractivity contribution in [1.29, 1.82) is 0 Å². The zero-order valence-electron chi connectivity index (χ0n) is 26.7. The van der Waals surface area contributed by atoms with Crippen molar-refractivity contribution in [2.75, 3.05) is 26.7 Å². The van der Waals surface area contributed by atoms with Gasteiger partial charge in [-0.05, 0) is 30.2 Å². The van der Waals surface area contributed by atoms with E-state index in [1.165, 1.54) is 0 Å². The van der Waals surface area contributed by atoms with E-state index < -0.39 is 5.97 Å². The van der Waals surface area contributed by atoms with Crippen LogP contribution in [0.15, 0.2) is 73.1 Å². The third-order valence-electron chi connectivity index (χ3n) is 9.10. The van der Waals surface area contributed by atoms with Gasteiger partial charge in [0.2, 0.25) is 11.8 Å². The zero-order chi connectivity index (χ0) is 34.1. The van der Waals surface area contributed by atoms with Crippen LogP contribution in [0.3, 0.4) is 0 Å². The minimum absolute atomic E-state index is 0.0958. The largest absolute Gasteiger partial charge is 0.481 e. The molecule has 250 valence electrons. The molecule has 7 rings (SSSR count). The Hall–Kier alpha value is -4.61. The minimum atomic E-state index is -0.747. The van der Waals surface area contributed by atoms with Gasteiger partial charge in [-0.25, -0.2) is 4.98 Å². The second-order valence-electron chi connectivity index (χ2n) is 12.5. The average molecular weight is 698 g/mol. The lowest BCUT2D eigenvalue weighted by Gasteiger charge is -2.36. The first-order valence-corrected chi connectivity index (χ1v) is 16.8. The van der Waals surface area contributed by atoms with Crippen LogP contribution in [0.5, 0.6) is 5.88 Å². The zero-order valence-corrected chi connectivity index (χ0v) is 28.3. The number of pyridine rings is 3. The number of carboxylic acid groups (broad SMARTS) is 1. The summed E-state index contributed by atoms with van der Waals surface area (Å²) in [5.74, 6) is -0.450. The molecule has 12 heteroatoms. The van der Waals surface area contributed by atoms with Gasteiger partial charge in [0.1, 0.15) is 0 Å². The predicted octanol–water partition coefficient (Wildman–Crippen LogP) is 6.23. The Morgan fingerprint density at radius 3 is 2.37 bits per heavy atom. The summed E-state index contributed by atoms with van der Waals surface area (Å²) in [6.07, 6.45) is 5.02. The molecule has 1 unspecified atom stereocenters. The lowest BCUT2D eigenvalue weighted by Crippen LogP contribution is -2.49. The molecule has 1 amide bonds. The number of amides is 1. The Labute approximate surface area is 293 Å². The maximum atomic E-state index is 11.5. The van der Waals surface area contributed by atoms with Gasteiger partial charge in [0, 0.05) is 90.8 Å². The summed E-state index contributed by atoms with van der Waals surface area (Å²) in [5, 5.41) is 17.4. The number of hydrogen-bond acceptors (Lipinski definition) is 8. The second kappa shape index (κ2) is 14.1. The number of carbonyl (C=O) groups excluding carboxylic acids is 1. The number of aromatic nitrogens is 3. The van der Waals surface area contributed by atoms with Gasteiger partial charge in [-0.1, -0.05) is 65.7 Å². The molecule has 49 heavy (non-hydrogen) atoms. The molecule has 10 nitrogen and oxygen atoms in total. The van der Waals surface area contributed by atoms with Crippen molar-refractivity contribution >= 4 is 46.0 Å². The molecule has 5 aromatic rings. The molecule has 5 heterocycles. The van der Waals surface area contributed by atoms with Gasteiger partial charge >= 0.3 is 5.97 Å². The highest BCUT2D eigenvalue weighted by Gasteiger charge is 2.32. The van der Waals surface area contributed by atoms with Gasteiger partial charge in [0.25, 0.3) is 0 Å². The summed E-state index contributed by atoms with van der Waals surface area (Å²) in [7, 11) is 1.59. The second-order valence-corrected chi connectivity index (χ2v) is 13.2. The number of likely N-dealkylation sites (tertiary alicyclic amines) is 1. The van der Waals surface area contributed by atoms with E-state index in [0.717, 1.165) is 50.7 Å². The summed E-state index contributed by atoms with van der Waals surface area (Å²) in [6.45, 7) is 2.96. The quantitative estimate of drug-likeness (QED) is 0.147. The summed E-state index contributed by atoms with van der Waals surface area (Å²) < 4.78 is 5.64. The number of rotatable bonds is 11. The van der Waals surface area contributed by atoms with Crippen LogP contribution in [0, 0.1) is 5.92 Å². The number of aliphatic carboxylic acids is 1. The molecule has 3 N–H and O–H groups in total. The number of nitrogens with one attached hydrogen (secondary N) is 2. The summed E-state index contributed by atoms with van der Waals surface area (Å²) in [6, 6.07) is 19.6. The van der Waals surface area contributed by atoms with Gasteiger partial charge in [-0.3, -0.25) is 24.5 Å². The number of halogens is 2. The lowest BCUT2D eigenvalue weighted by molar-refractivity contribution is -0.147. The number of nitrogens with zero attached hydrogens (tertiary/aromatic N) is 4. The highest BCUT2D eigenvalue weighted by atomic mass is 35.5. The van der Waals surface area contributed by atoms with E-state index in [0.29, 0.717) is 66.5 Å². The molecule has 0 saturated carbocycles. The van der Waals surface area contributed by atoms with Gasteiger partial charge in [-0.2, -0.15) is 0 Å². The smallest absolute Gasteiger partial charge is 0.309 e. The molecule has 2 aromatic carbocycles. The number of hydrogen-bond donors (Lipinski definition) is 3. The fourth-order valence-corrected chi connectivity index (χ4v) is 7.08. The van der Waals surface area contributed by atoms with Crippen LogP contribution >= 0.6 is 23.2 Å². The Morgan fingerprint density at radius 1 is 0.980 bits per heavy atom. The van der Waals surface area contributed by atoms with Crippen molar-refractivity contribution < 1.29 is 19.4 Å². The van der Waals surface area contributed by atoms with Gasteiger partial charge < -0.3 is 20.5 Å². The van der Waals surface area contributed by atoms with Crippen molar-refractivity contribution in [3.63, 3.8) is 0 Å². The lowest BCUT2D eigenvalue weighted by atomic mass is 9.98. The fourth-order valence-electron chi connectivity index (χ4n) is 6.43. The molecule has 2 aliphatic heterocycles. The maximum absolute atomic E-state index is 11.5. The van der Waals surface area contributed by atoms with Crippen molar-refractivity contribution in [2.24, 2.45) is 5.92 Å². The highest BCUT2D eigenvalue weighted by molar-refractivity contribution is 6.39. The first-order valence-electron chi connectivity index (χ1n) is 16.1. The van der Waals surface area contributed by atoms with E-state index >= 15 is 0 Å². The van der Waals surface area contributed by atoms with Gasteiger partial charge in [0.15, 0.2) is 0 Å². The average Bonchev–Trinajstić information content (AvgIpc) is 3.50. The van der Waals surface area contributed by atoms with E-state index in [4.69, 9.17) is 43.0 Å². The van der Waals surface area contributed by atoms with E-state index in [9.17, 15) is 9.59 Å². The van der Waals surface area contributed by atoms with Crippen LogP contribution in [0.25, 0.3) is 44.5 Å². The molecular weight excluding hydrogens is 663 g/mol. The van der Waals surface area contributed by atoms with Gasteiger partial charge in [-0.15, -0.1) is 0 Å². The van der Waals surface area contributed by atoms with E-state index in [2.05, 4.69) is 20.5 Å². The highest BCUT2D eigenvalue weighted by Crippen LogP contribution is 2.42. The van der Waals surface area contributed by atoms with Crippen molar-refractivity contribution in [1.82, 2.24) is 30.5 Å². The number of fused-ring (bicyclic) bond motifs is 1. The van der Waals surface area contributed by atoms with Crippen LogP contribution < -0.4 is 15.4 Å². The molecule has 0 spiro atoms. The van der Waals surface area contributed by atoms with Crippen LogP contribution in [0.4, 0.5) is 0 Å². The normalized spacial score (nSPS) is 16.5. The van der Waals surface area contributed by atoms with Crippen molar-refractivity contribution in [3.8, 4) is 39.5 Å². The molecule has 1 atom stereocenters. The molecule has 3 aromatic heterocycles. The van der Waals surface area contributed by atoms with Gasteiger partial charge in [0.05, 0.1) is 40.0 Å². The monoisotopic (exact) mass is 696 g/mol. The van der Waals surface area contributed by atoms with Crippen molar-refractivity contribution in [3.05, 3.63) is 94.2 Å². The molecule has 2 saturated heterocycles. The Kier molecular flexibility index (Phi) is 9.46. The first-order chi connectivity index (χ1) is 23.8. The van der Waals surface area contributed by atoms with Crippen LogP contribution in [0.2, 0.25) is 10.0 Å². The number of methoxy groups -OCH3 is 1. The molecule has 2 aliphatic rings. The molecular formula is C37H34Cl2N6O4. The molecule has 2 fully saturated rings. The van der Waals surface area contributed by atoms with Crippen molar-refractivity contribution in [2.45, 2.75) is 32.0 Å². The number of benzene rings is 2. The molecule has 0 aliphatic carbocycles. The third-order valence-corrected chi connectivity index (χ3v) is 9.91. The molecule has 0 bridgehead atoms. The number of carbonyl (C=O) groups is 2. The topological polar surface area (TPSA) is 130 Å². The Balaban J connectivity index is 1.11. The fraction of sp³-hybridized carbons (Fsp3) is 0.270. The van der Waals surface area contributed by atoms with Crippen LogP contribution in [-0.2, 0) is 22.7 Å². The Morgan fingerprint density at radius 2 is 1.69 bits per heavy atom. The summed E-state index contributed by atoms with van der Waals surface area (Å²) in [4.78, 5) is 38.9. The summed E-state index contributed by atoms with van der Waals surface area (Å²) in [5.41, 5.74) is 7.06. The van der Waals surface area contributed by atoms with E-state index in [1.54, 1.807) is 13.3 Å². The summed E-state index contributed by atoms with van der Waals surface area (Å²) >= 11 is 14.2. The third kappa shape index (κ3) is 6.95. The van der Waals surface area contributed by atoms with Crippen LogP contribution in [0.1, 0.15) is 24.0 Å². The number of ether oxygens (including phenoxy) is 1. The SMILES string of the molecule is COc1nc(-c2cccc(-c3cccc(-c4cc5ncc(CN6CC(C(=O)O)C6)cc5cn4)c3Cl)c2Cl)ccc1CNCC1CCC(=O)N1. The standard InChI is InChI=1S/C37H34Cl2N6O4/c1-49-36-22(15-40-17-25-9-11-33(46)43-25)8-10-30(44-36)28-6-2-4-26(34(28)38)27-5-3-7-29(35(27)39)32-13-31-23(16-42-32)12-21(14-41-31)18-45-19-24(20-45)37(47)48/h2-8,10,12-14,16,24-25,40H,9,11,15,17-20H2,1H3,(H,43,46)(H,47,48). The molecule has 0 radical (unpaired) electrons. The Bertz CT molecular complexity index is 2070.